The van der Waals surface area contributed by atoms with Crippen LogP contribution in [0.2, 0.25) is 0 Å². The number of carbonyl (C=O) groups excluding carboxylic acids is 1. The molecule has 0 aromatic heterocycles. The molecule has 4 nitrogen and oxygen atoms in total. The van der Waals surface area contributed by atoms with Gasteiger partial charge in [-0.1, -0.05) is 6.07 Å². The molecule has 0 spiro atoms. The lowest BCUT2D eigenvalue weighted by molar-refractivity contribution is -0.136. The summed E-state index contributed by atoms with van der Waals surface area (Å²) in [6.45, 7) is -3.30. The van der Waals surface area contributed by atoms with E-state index in [1.807, 2.05) is 0 Å². The first kappa shape index (κ1) is 13.0. The van der Waals surface area contributed by atoms with Crippen LogP contribution in [0, 0.1) is 5.82 Å². The highest BCUT2D eigenvalue weighted by Gasteiger charge is 2.19. The second-order valence-corrected chi connectivity index (χ2v) is 3.02. The highest BCUT2D eigenvalue weighted by atomic mass is 19.3. The first-order valence-electron chi connectivity index (χ1n) is 4.39. The molecule has 0 atom stereocenters. The molecule has 0 aliphatic carbocycles. The van der Waals surface area contributed by atoms with E-state index in [2.05, 4.69) is 4.74 Å². The zero-order chi connectivity index (χ0) is 13.0. The lowest BCUT2D eigenvalue weighted by Crippen LogP contribution is -2.10. The Bertz CT molecular complexity index is 445. The molecule has 1 N–H and O–H groups in total. The first-order chi connectivity index (χ1) is 7.95. The number of carboxylic acids is 1. The van der Waals surface area contributed by atoms with E-state index in [4.69, 9.17) is 5.11 Å². The number of aliphatic carboxylic acids is 1. The standard InChI is InChI=1S/C10H7F3O4/c11-7-2-1-5(3-8(15)16)6(4-14)9(7)17-10(12)13/h1-2,4,10H,3H2,(H,15,16). The molecule has 7 heteroatoms. The summed E-state index contributed by atoms with van der Waals surface area (Å²) in [7, 11) is 0. The monoisotopic (exact) mass is 248 g/mol. The topological polar surface area (TPSA) is 63.6 Å². The van der Waals surface area contributed by atoms with Crippen LogP contribution >= 0.6 is 0 Å². The zero-order valence-corrected chi connectivity index (χ0v) is 8.32. The van der Waals surface area contributed by atoms with Gasteiger partial charge in [0.25, 0.3) is 0 Å². The van der Waals surface area contributed by atoms with Crippen molar-refractivity contribution in [2.45, 2.75) is 13.0 Å². The molecular formula is C10H7F3O4. The van der Waals surface area contributed by atoms with Crippen LogP contribution in [0.1, 0.15) is 15.9 Å². The molecule has 0 aliphatic heterocycles. The van der Waals surface area contributed by atoms with Gasteiger partial charge in [0.2, 0.25) is 0 Å². The molecular weight excluding hydrogens is 241 g/mol. The van der Waals surface area contributed by atoms with Gasteiger partial charge in [-0.25, -0.2) is 4.39 Å². The van der Waals surface area contributed by atoms with E-state index < -0.39 is 36.1 Å². The number of hydrogen-bond donors (Lipinski definition) is 1. The molecule has 0 heterocycles. The minimum absolute atomic E-state index is 0.0824. The van der Waals surface area contributed by atoms with Gasteiger partial charge in [-0.15, -0.1) is 0 Å². The number of halogens is 3. The summed E-state index contributed by atoms with van der Waals surface area (Å²) in [4.78, 5) is 21.1. The van der Waals surface area contributed by atoms with Crippen LogP contribution in [-0.2, 0) is 11.2 Å². The van der Waals surface area contributed by atoms with E-state index in [1.165, 1.54) is 0 Å². The Morgan fingerprint density at radius 3 is 2.59 bits per heavy atom. The van der Waals surface area contributed by atoms with Crippen molar-refractivity contribution in [3.8, 4) is 5.75 Å². The molecule has 0 amide bonds. The van der Waals surface area contributed by atoms with Gasteiger partial charge < -0.3 is 9.84 Å². The fourth-order valence-corrected chi connectivity index (χ4v) is 1.27. The van der Waals surface area contributed by atoms with Crippen LogP contribution in [-0.4, -0.2) is 24.0 Å². The number of carboxylic acid groups (broad SMARTS) is 1. The summed E-state index contributed by atoms with van der Waals surface area (Å²) < 4.78 is 41.0. The molecule has 1 rings (SSSR count). The fourth-order valence-electron chi connectivity index (χ4n) is 1.27. The van der Waals surface area contributed by atoms with E-state index in [9.17, 15) is 22.8 Å². The molecule has 1 aromatic rings. The Labute approximate surface area is 93.6 Å². The highest BCUT2D eigenvalue weighted by molar-refractivity contribution is 5.84. The maximum Gasteiger partial charge on any atom is 0.387 e. The molecule has 0 aliphatic rings. The minimum Gasteiger partial charge on any atom is -0.481 e. The minimum atomic E-state index is -3.30. The van der Waals surface area contributed by atoms with Crippen LogP contribution in [0.15, 0.2) is 12.1 Å². The number of hydrogen-bond acceptors (Lipinski definition) is 3. The predicted molar refractivity (Wildman–Crippen MR) is 49.8 cm³/mol. The van der Waals surface area contributed by atoms with Crippen molar-refractivity contribution in [3.63, 3.8) is 0 Å². The van der Waals surface area contributed by atoms with Gasteiger partial charge in [-0.05, 0) is 11.6 Å². The lowest BCUT2D eigenvalue weighted by Gasteiger charge is -2.11. The first-order valence-corrected chi connectivity index (χ1v) is 4.39. The molecule has 0 radical (unpaired) electrons. The average molecular weight is 248 g/mol. The maximum absolute atomic E-state index is 13.2. The third-order valence-electron chi connectivity index (χ3n) is 1.90. The maximum atomic E-state index is 13.2. The third kappa shape index (κ3) is 3.20. The van der Waals surface area contributed by atoms with Crippen LogP contribution in [0.25, 0.3) is 0 Å². The van der Waals surface area contributed by atoms with Crippen molar-refractivity contribution in [2.24, 2.45) is 0 Å². The van der Waals surface area contributed by atoms with Crippen molar-refractivity contribution < 1.29 is 32.6 Å². The van der Waals surface area contributed by atoms with E-state index in [0.29, 0.717) is 0 Å². The van der Waals surface area contributed by atoms with Crippen LogP contribution in [0.3, 0.4) is 0 Å². The summed E-state index contributed by atoms with van der Waals surface area (Å²) >= 11 is 0. The van der Waals surface area contributed by atoms with Crippen molar-refractivity contribution in [1.29, 1.82) is 0 Å². The Morgan fingerprint density at radius 1 is 1.47 bits per heavy atom. The molecule has 17 heavy (non-hydrogen) atoms. The number of alkyl halides is 2. The number of aldehydes is 1. The third-order valence-corrected chi connectivity index (χ3v) is 1.90. The van der Waals surface area contributed by atoms with E-state index in [0.717, 1.165) is 12.1 Å². The molecule has 0 fully saturated rings. The van der Waals surface area contributed by atoms with Crippen molar-refractivity contribution in [3.05, 3.63) is 29.1 Å². The van der Waals surface area contributed by atoms with Crippen LogP contribution in [0.4, 0.5) is 13.2 Å². The molecule has 0 unspecified atom stereocenters. The second kappa shape index (κ2) is 5.33. The molecule has 92 valence electrons. The Hall–Kier alpha value is -2.05. The largest absolute Gasteiger partial charge is 0.481 e. The molecule has 1 aromatic carbocycles. The summed E-state index contributed by atoms with van der Waals surface area (Å²) in [5, 5.41) is 8.53. The smallest absolute Gasteiger partial charge is 0.387 e. The summed E-state index contributed by atoms with van der Waals surface area (Å²) in [5.74, 6) is -3.36. The van der Waals surface area contributed by atoms with Crippen molar-refractivity contribution >= 4 is 12.3 Å². The van der Waals surface area contributed by atoms with Gasteiger partial charge in [-0.2, -0.15) is 8.78 Å². The van der Waals surface area contributed by atoms with Gasteiger partial charge >= 0.3 is 12.6 Å². The average Bonchev–Trinajstić information content (AvgIpc) is 2.22. The van der Waals surface area contributed by atoms with E-state index >= 15 is 0 Å². The van der Waals surface area contributed by atoms with Crippen molar-refractivity contribution in [1.82, 2.24) is 0 Å². The Morgan fingerprint density at radius 2 is 2.12 bits per heavy atom. The number of benzene rings is 1. The summed E-state index contributed by atoms with van der Waals surface area (Å²) in [5.41, 5.74) is -0.614. The SMILES string of the molecule is O=Cc1c(CC(=O)O)ccc(F)c1OC(F)F. The number of ether oxygens (including phenoxy) is 1. The number of carbonyl (C=O) groups is 2. The number of rotatable bonds is 5. The molecule has 0 saturated carbocycles. The summed E-state index contributed by atoms with van der Waals surface area (Å²) in [6, 6.07) is 1.80. The van der Waals surface area contributed by atoms with Gasteiger partial charge in [0.15, 0.2) is 17.9 Å². The van der Waals surface area contributed by atoms with Crippen LogP contribution in [0.5, 0.6) is 5.75 Å². The fraction of sp³-hybridized carbons (Fsp3) is 0.200. The highest BCUT2D eigenvalue weighted by Crippen LogP contribution is 2.26. The second-order valence-electron chi connectivity index (χ2n) is 3.02. The van der Waals surface area contributed by atoms with E-state index in [1.54, 1.807) is 0 Å². The summed E-state index contributed by atoms with van der Waals surface area (Å²) in [6.07, 6.45) is -0.507. The normalized spacial score (nSPS) is 10.4. The molecule has 0 saturated heterocycles. The Balaban J connectivity index is 3.25. The van der Waals surface area contributed by atoms with Gasteiger partial charge in [-0.3, -0.25) is 9.59 Å². The van der Waals surface area contributed by atoms with Crippen molar-refractivity contribution in [2.75, 3.05) is 0 Å². The van der Waals surface area contributed by atoms with Gasteiger partial charge in [0, 0.05) is 0 Å². The Kier molecular flexibility index (Phi) is 4.08. The van der Waals surface area contributed by atoms with Gasteiger partial charge in [0.05, 0.1) is 12.0 Å². The van der Waals surface area contributed by atoms with Gasteiger partial charge in [0.1, 0.15) is 0 Å². The van der Waals surface area contributed by atoms with Crippen LogP contribution < -0.4 is 4.74 Å². The quantitative estimate of drug-likeness (QED) is 0.808. The predicted octanol–water partition coefficient (Wildman–Crippen LogP) is 1.87. The lowest BCUT2D eigenvalue weighted by atomic mass is 10.0. The van der Waals surface area contributed by atoms with E-state index in [-0.39, 0.29) is 11.8 Å². The molecule has 0 bridgehead atoms. The zero-order valence-electron chi connectivity index (χ0n) is 8.32.